The first-order valence-corrected chi connectivity index (χ1v) is 11.6. The normalized spacial score (nSPS) is 17.1. The minimum absolute atomic E-state index is 0.155. The zero-order valence-electron chi connectivity index (χ0n) is 18.2. The third-order valence-corrected chi connectivity index (χ3v) is 6.28. The Morgan fingerprint density at radius 3 is 1.80 bits per heavy atom. The summed E-state index contributed by atoms with van der Waals surface area (Å²) in [5, 5.41) is 9.44. The summed E-state index contributed by atoms with van der Waals surface area (Å²) in [5.74, 6) is -7.06. The molecule has 2 aromatic carbocycles. The Balaban J connectivity index is 1.79. The Morgan fingerprint density at radius 2 is 1.31 bits per heavy atom. The van der Waals surface area contributed by atoms with Gasteiger partial charge in [-0.2, -0.15) is 0 Å². The van der Waals surface area contributed by atoms with Gasteiger partial charge in [-0.25, -0.2) is 0 Å². The molecule has 180 valence electrons. The molecule has 35 heavy (non-hydrogen) atoms. The second kappa shape index (κ2) is 10.1. The molecule has 0 atom stereocenters. The van der Waals surface area contributed by atoms with Crippen molar-refractivity contribution >= 4 is 69.9 Å². The Hall–Kier alpha value is -3.41. The summed E-state index contributed by atoms with van der Waals surface area (Å²) < 4.78 is 6.03. The molecule has 0 bridgehead atoms. The number of halogens is 1. The van der Waals surface area contributed by atoms with Gasteiger partial charge in [0.15, 0.2) is 10.2 Å². The fourth-order valence-electron chi connectivity index (χ4n) is 4.02. The van der Waals surface area contributed by atoms with E-state index in [9.17, 15) is 19.2 Å². The molecule has 2 saturated heterocycles. The summed E-state index contributed by atoms with van der Waals surface area (Å²) >= 11 is 16.1. The van der Waals surface area contributed by atoms with Crippen LogP contribution in [-0.2, 0) is 25.8 Å². The van der Waals surface area contributed by atoms with Crippen molar-refractivity contribution in [3.8, 4) is 5.75 Å². The molecule has 0 aliphatic carbocycles. The van der Waals surface area contributed by atoms with Gasteiger partial charge in [0.05, 0.1) is 0 Å². The molecule has 0 spiro atoms. The van der Waals surface area contributed by atoms with E-state index in [1.54, 1.807) is 12.1 Å². The highest BCUT2D eigenvalue weighted by atomic mass is 35.5. The summed E-state index contributed by atoms with van der Waals surface area (Å²) in [6, 6.07) is 12.3. The van der Waals surface area contributed by atoms with Crippen molar-refractivity contribution < 1.29 is 23.9 Å². The number of hydrogen-bond donors (Lipinski definition) is 4. The molecule has 2 aromatic rings. The van der Waals surface area contributed by atoms with Gasteiger partial charge >= 0.3 is 0 Å². The molecule has 4 N–H and O–H groups in total. The minimum Gasteiger partial charge on any atom is -0.489 e. The third-order valence-electron chi connectivity index (χ3n) is 5.64. The molecular weight excluding hydrogens is 512 g/mol. The van der Waals surface area contributed by atoms with Crippen molar-refractivity contribution in [2.24, 2.45) is 11.8 Å². The van der Waals surface area contributed by atoms with E-state index in [-0.39, 0.29) is 33.2 Å². The van der Waals surface area contributed by atoms with Crippen LogP contribution in [0.15, 0.2) is 42.5 Å². The maximum Gasteiger partial charge on any atom is 0.239 e. The summed E-state index contributed by atoms with van der Waals surface area (Å²) in [4.78, 5) is 51.7. The summed E-state index contributed by atoms with van der Waals surface area (Å²) in [6.45, 7) is 2.12. The number of hydrogen-bond acceptors (Lipinski definition) is 7. The molecule has 2 aliphatic heterocycles. The lowest BCUT2D eigenvalue weighted by molar-refractivity contribution is -0.140. The van der Waals surface area contributed by atoms with Crippen molar-refractivity contribution in [3.63, 3.8) is 0 Å². The molecular formula is C23H19ClN4O5S2. The molecule has 9 nitrogen and oxygen atoms in total. The molecule has 4 amide bonds. The van der Waals surface area contributed by atoms with Gasteiger partial charge in [-0.05, 0) is 55.1 Å². The monoisotopic (exact) mass is 530 g/mol. The van der Waals surface area contributed by atoms with E-state index in [1.807, 2.05) is 31.2 Å². The van der Waals surface area contributed by atoms with Crippen LogP contribution in [0, 0.1) is 18.8 Å². The lowest BCUT2D eigenvalue weighted by Gasteiger charge is -2.35. The largest absolute Gasteiger partial charge is 0.489 e. The van der Waals surface area contributed by atoms with E-state index < -0.39 is 41.4 Å². The van der Waals surface area contributed by atoms with Crippen molar-refractivity contribution in [1.82, 2.24) is 21.3 Å². The van der Waals surface area contributed by atoms with E-state index in [1.165, 1.54) is 6.07 Å². The zero-order chi connectivity index (χ0) is 25.3. The second-order valence-corrected chi connectivity index (χ2v) is 9.31. The van der Waals surface area contributed by atoms with Gasteiger partial charge in [0.1, 0.15) is 24.2 Å². The van der Waals surface area contributed by atoms with Crippen molar-refractivity contribution in [1.29, 1.82) is 0 Å². The molecule has 2 aliphatic rings. The number of rotatable bonds is 6. The number of carbonyl (C=O) groups excluding carboxylic acids is 4. The fourth-order valence-corrected chi connectivity index (χ4v) is 4.60. The molecule has 2 heterocycles. The van der Waals surface area contributed by atoms with Crippen LogP contribution >= 0.6 is 36.0 Å². The van der Waals surface area contributed by atoms with E-state index >= 15 is 0 Å². The second-order valence-electron chi connectivity index (χ2n) is 8.05. The number of amides is 4. The number of thiocarbonyl (C=S) groups is 2. The highest BCUT2D eigenvalue weighted by Crippen LogP contribution is 2.41. The summed E-state index contributed by atoms with van der Waals surface area (Å²) in [7, 11) is 0. The average Bonchev–Trinajstić information content (AvgIpc) is 2.77. The molecule has 2 fully saturated rings. The summed E-state index contributed by atoms with van der Waals surface area (Å²) in [6.07, 6.45) is 0. The van der Waals surface area contributed by atoms with Gasteiger partial charge < -0.3 is 26.0 Å². The number of nitrogens with one attached hydrogen (secondary N) is 4. The maximum absolute atomic E-state index is 12.9. The first-order chi connectivity index (χ1) is 16.6. The number of ether oxygens (including phenoxy) is 1. The van der Waals surface area contributed by atoms with E-state index in [2.05, 4.69) is 21.3 Å². The van der Waals surface area contributed by atoms with Gasteiger partial charge in [0.2, 0.25) is 23.6 Å². The predicted molar refractivity (Wildman–Crippen MR) is 134 cm³/mol. The third kappa shape index (κ3) is 5.31. The maximum atomic E-state index is 12.9. The lowest BCUT2D eigenvalue weighted by Crippen LogP contribution is -2.62. The number of carbonyl (C=O) groups is 4. The first-order valence-electron chi connectivity index (χ1n) is 10.4. The van der Waals surface area contributed by atoms with Crippen LogP contribution in [0.1, 0.15) is 22.6 Å². The van der Waals surface area contributed by atoms with Crippen LogP contribution in [0.5, 0.6) is 5.75 Å². The molecule has 0 unspecified atom stereocenters. The molecule has 0 radical (unpaired) electrons. The Bertz CT molecular complexity index is 1180. The van der Waals surface area contributed by atoms with Crippen molar-refractivity contribution in [3.05, 3.63) is 64.2 Å². The fraction of sp³-hybridized carbons (Fsp3) is 0.217. The minimum atomic E-state index is -1.49. The SMILES string of the molecule is Cc1ccc(COc2ccc(Cl)cc2C(C2C(=O)NC(=S)NC2=O)C2C(=O)NC(=S)NC2=O)cc1. The highest BCUT2D eigenvalue weighted by Gasteiger charge is 2.50. The molecule has 4 rings (SSSR count). The molecule has 0 saturated carbocycles. The van der Waals surface area contributed by atoms with Crippen molar-refractivity contribution in [2.75, 3.05) is 0 Å². The Morgan fingerprint density at radius 1 is 0.829 bits per heavy atom. The van der Waals surface area contributed by atoms with Gasteiger partial charge in [-0.1, -0.05) is 41.4 Å². The first kappa shape index (κ1) is 24.7. The van der Waals surface area contributed by atoms with Crippen LogP contribution in [-0.4, -0.2) is 33.9 Å². The van der Waals surface area contributed by atoms with Crippen LogP contribution in [0.25, 0.3) is 0 Å². The van der Waals surface area contributed by atoms with Crippen molar-refractivity contribution in [2.45, 2.75) is 19.4 Å². The van der Waals surface area contributed by atoms with Crippen LogP contribution in [0.4, 0.5) is 0 Å². The van der Waals surface area contributed by atoms with Gasteiger partial charge in [0, 0.05) is 16.5 Å². The van der Waals surface area contributed by atoms with Gasteiger partial charge in [0.25, 0.3) is 0 Å². The predicted octanol–water partition coefficient (Wildman–Crippen LogP) is 1.61. The van der Waals surface area contributed by atoms with Crippen LogP contribution in [0.2, 0.25) is 5.02 Å². The summed E-state index contributed by atoms with van der Waals surface area (Å²) in [5.41, 5.74) is 2.18. The van der Waals surface area contributed by atoms with Crippen LogP contribution in [0.3, 0.4) is 0 Å². The van der Waals surface area contributed by atoms with E-state index in [4.69, 9.17) is 40.8 Å². The molecule has 0 aromatic heterocycles. The topological polar surface area (TPSA) is 126 Å². The van der Waals surface area contributed by atoms with Gasteiger partial charge in [-0.15, -0.1) is 0 Å². The smallest absolute Gasteiger partial charge is 0.239 e. The standard InChI is InChI=1S/C23H19ClN4O5S2/c1-10-2-4-11(5-3-10)9-33-14-7-6-12(24)8-13(14)15(16-18(29)25-22(34)26-19(16)30)17-20(31)27-23(35)28-21(17)32/h2-8,15-17H,9H2,1H3,(H2,25,26,29,30,34)(H2,27,28,31,32,35). The molecule has 12 heteroatoms. The van der Waals surface area contributed by atoms with Crippen LogP contribution < -0.4 is 26.0 Å². The lowest BCUT2D eigenvalue weighted by atomic mass is 9.73. The number of benzene rings is 2. The Labute approximate surface area is 215 Å². The quantitative estimate of drug-likeness (QED) is 0.330. The van der Waals surface area contributed by atoms with E-state index in [0.29, 0.717) is 0 Å². The van der Waals surface area contributed by atoms with E-state index in [0.717, 1.165) is 11.1 Å². The van der Waals surface area contributed by atoms with Gasteiger partial charge in [-0.3, -0.25) is 19.2 Å². The average molecular weight is 531 g/mol. The highest BCUT2D eigenvalue weighted by molar-refractivity contribution is 7.80. The number of aryl methyl sites for hydroxylation is 1. The zero-order valence-corrected chi connectivity index (χ0v) is 20.6. The Kier molecular flexibility index (Phi) is 7.10.